The predicted octanol–water partition coefficient (Wildman–Crippen LogP) is 2.50. The van der Waals surface area contributed by atoms with Crippen LogP contribution in [0.2, 0.25) is 0 Å². The molecule has 0 saturated carbocycles. The fourth-order valence-electron chi connectivity index (χ4n) is 3.25. The van der Waals surface area contributed by atoms with Crippen LogP contribution in [0.15, 0.2) is 34.0 Å². The van der Waals surface area contributed by atoms with Gasteiger partial charge in [0.05, 0.1) is 12.1 Å². The van der Waals surface area contributed by atoms with Gasteiger partial charge in [-0.3, -0.25) is 9.59 Å². The Morgan fingerprint density at radius 3 is 2.53 bits per heavy atom. The zero-order valence-electron chi connectivity index (χ0n) is 17.1. The Balaban J connectivity index is 1.51. The molecule has 164 valence electrons. The highest BCUT2D eigenvalue weighted by Gasteiger charge is 2.34. The normalized spacial score (nSPS) is 17.1. The summed E-state index contributed by atoms with van der Waals surface area (Å²) in [6.45, 7) is 5.89. The summed E-state index contributed by atoms with van der Waals surface area (Å²) in [7, 11) is -3.52. The number of piperidine rings is 1. The zero-order valence-corrected chi connectivity index (χ0v) is 18.8. The molecule has 2 aromatic heterocycles. The molecule has 0 spiro atoms. The maximum Gasteiger partial charge on any atom is 0.309 e. The number of anilines is 1. The van der Waals surface area contributed by atoms with Crippen molar-refractivity contribution in [3.63, 3.8) is 0 Å². The summed E-state index contributed by atoms with van der Waals surface area (Å²) in [5.41, 5.74) is 0. The van der Waals surface area contributed by atoms with Gasteiger partial charge in [-0.1, -0.05) is 6.07 Å². The monoisotopic (exact) mass is 454 g/mol. The van der Waals surface area contributed by atoms with Crippen LogP contribution in [0, 0.1) is 5.92 Å². The van der Waals surface area contributed by atoms with Gasteiger partial charge in [0, 0.05) is 25.2 Å². The summed E-state index contributed by atoms with van der Waals surface area (Å²) in [6.07, 6.45) is 1.33. The van der Waals surface area contributed by atoms with E-state index in [-0.39, 0.29) is 19.1 Å². The van der Waals surface area contributed by atoms with Crippen LogP contribution in [0.5, 0.6) is 0 Å². The molecule has 3 heterocycles. The highest BCUT2D eigenvalue weighted by Crippen LogP contribution is 2.27. The zero-order chi connectivity index (χ0) is 21.9. The van der Waals surface area contributed by atoms with Crippen LogP contribution in [0.4, 0.5) is 5.82 Å². The van der Waals surface area contributed by atoms with Crippen LogP contribution >= 0.6 is 11.3 Å². The number of ether oxygens (including phenoxy) is 1. The second-order valence-electron chi connectivity index (χ2n) is 7.43. The van der Waals surface area contributed by atoms with E-state index in [4.69, 9.17) is 4.74 Å². The van der Waals surface area contributed by atoms with Crippen molar-refractivity contribution in [3.05, 3.63) is 29.8 Å². The Labute approximate surface area is 180 Å². The number of hydrogen-bond donors (Lipinski definition) is 1. The van der Waals surface area contributed by atoms with Crippen molar-refractivity contribution in [2.45, 2.75) is 50.0 Å². The first kappa shape index (κ1) is 22.4. The molecule has 1 atom stereocenters. The fourth-order valence-corrected chi connectivity index (χ4v) is 5.86. The lowest BCUT2D eigenvalue weighted by Gasteiger charge is -2.30. The number of thiophene rings is 1. The van der Waals surface area contributed by atoms with E-state index in [1.165, 1.54) is 22.6 Å². The highest BCUT2D eigenvalue weighted by atomic mass is 32.2. The molecule has 0 aromatic carbocycles. The third kappa shape index (κ3) is 4.90. The second-order valence-corrected chi connectivity index (χ2v) is 10.5. The van der Waals surface area contributed by atoms with Gasteiger partial charge in [-0.2, -0.15) is 9.40 Å². The number of hydrogen-bond acceptors (Lipinski definition) is 7. The molecular formula is C19H26N4O5S2. The minimum atomic E-state index is -3.52. The molecule has 1 aliphatic heterocycles. The van der Waals surface area contributed by atoms with Crippen LogP contribution in [-0.4, -0.2) is 53.6 Å². The lowest BCUT2D eigenvalue weighted by Crippen LogP contribution is -2.41. The van der Waals surface area contributed by atoms with Gasteiger partial charge in [0.25, 0.3) is 15.9 Å². The van der Waals surface area contributed by atoms with E-state index >= 15 is 0 Å². The van der Waals surface area contributed by atoms with Gasteiger partial charge < -0.3 is 10.1 Å². The van der Waals surface area contributed by atoms with Gasteiger partial charge in [0.2, 0.25) is 0 Å². The smallest absolute Gasteiger partial charge is 0.309 e. The average Bonchev–Trinajstić information content (AvgIpc) is 3.40. The van der Waals surface area contributed by atoms with Crippen molar-refractivity contribution in [1.29, 1.82) is 0 Å². The number of amides is 1. The molecule has 9 nitrogen and oxygen atoms in total. The minimum absolute atomic E-state index is 0.0730. The maximum atomic E-state index is 12.6. The van der Waals surface area contributed by atoms with E-state index in [0.717, 1.165) is 0 Å². The first-order chi connectivity index (χ1) is 14.2. The maximum absolute atomic E-state index is 12.6. The molecule has 3 rings (SSSR count). The lowest BCUT2D eigenvalue weighted by atomic mass is 9.98. The Kier molecular flexibility index (Phi) is 6.94. The first-order valence-electron chi connectivity index (χ1n) is 9.78. The number of sulfonamides is 1. The number of nitrogens with one attached hydrogen (secondary N) is 1. The number of rotatable bonds is 7. The standard InChI is InChI=1S/C19H26N4O5S2/c1-13(2)23-16(6-9-20-23)21-18(24)14(3)28-19(25)15-7-10-22(11-8-15)30(26,27)17-5-4-12-29-17/h4-6,9,12-15H,7-8,10-11H2,1-3H3,(H,21,24). The van der Waals surface area contributed by atoms with E-state index < -0.39 is 33.9 Å². The van der Waals surface area contributed by atoms with Gasteiger partial charge in [-0.05, 0) is 45.1 Å². The SMILES string of the molecule is CC(OC(=O)C1CCN(S(=O)(=O)c2cccs2)CC1)C(=O)Nc1ccnn1C(C)C. The van der Waals surface area contributed by atoms with Crippen molar-refractivity contribution >= 4 is 39.1 Å². The molecule has 1 N–H and O–H groups in total. The molecule has 2 aromatic rings. The molecule has 11 heteroatoms. The van der Waals surface area contributed by atoms with Crippen molar-refractivity contribution in [2.75, 3.05) is 18.4 Å². The number of esters is 1. The largest absolute Gasteiger partial charge is 0.452 e. The molecule has 30 heavy (non-hydrogen) atoms. The first-order valence-corrected chi connectivity index (χ1v) is 12.1. The summed E-state index contributed by atoms with van der Waals surface area (Å²) in [4.78, 5) is 24.9. The third-order valence-corrected chi connectivity index (χ3v) is 8.22. The quantitative estimate of drug-likeness (QED) is 0.644. The molecule has 0 bridgehead atoms. The highest BCUT2D eigenvalue weighted by molar-refractivity contribution is 7.91. The van der Waals surface area contributed by atoms with Crippen molar-refractivity contribution < 1.29 is 22.7 Å². The molecule has 1 amide bonds. The lowest BCUT2D eigenvalue weighted by molar-refractivity contribution is -0.158. The van der Waals surface area contributed by atoms with Gasteiger partial charge in [0.1, 0.15) is 10.0 Å². The Hall–Kier alpha value is -2.24. The molecule has 0 radical (unpaired) electrons. The van der Waals surface area contributed by atoms with Gasteiger partial charge >= 0.3 is 5.97 Å². The number of nitrogens with zero attached hydrogens (tertiary/aromatic N) is 3. The van der Waals surface area contributed by atoms with Crippen LogP contribution in [0.3, 0.4) is 0 Å². The molecular weight excluding hydrogens is 428 g/mol. The van der Waals surface area contributed by atoms with Crippen LogP contribution in [0.1, 0.15) is 39.7 Å². The van der Waals surface area contributed by atoms with Crippen LogP contribution < -0.4 is 5.32 Å². The van der Waals surface area contributed by atoms with Gasteiger partial charge in [-0.15, -0.1) is 11.3 Å². The topological polar surface area (TPSA) is 111 Å². The Morgan fingerprint density at radius 2 is 1.93 bits per heavy atom. The van der Waals surface area contributed by atoms with E-state index in [0.29, 0.717) is 22.9 Å². The number of aromatic nitrogens is 2. The molecule has 1 unspecified atom stereocenters. The fraction of sp³-hybridized carbons (Fsp3) is 0.526. The molecule has 1 aliphatic rings. The van der Waals surface area contributed by atoms with Gasteiger partial charge in [-0.25, -0.2) is 13.1 Å². The summed E-state index contributed by atoms with van der Waals surface area (Å²) in [6, 6.07) is 5.02. The second kappa shape index (κ2) is 9.27. The summed E-state index contributed by atoms with van der Waals surface area (Å²) in [5.74, 6) is -0.826. The van der Waals surface area contributed by atoms with Gasteiger partial charge in [0.15, 0.2) is 6.10 Å². The summed E-state index contributed by atoms with van der Waals surface area (Å²) < 4.78 is 33.9. The van der Waals surface area contributed by atoms with E-state index in [2.05, 4.69) is 10.4 Å². The van der Waals surface area contributed by atoms with Crippen molar-refractivity contribution in [1.82, 2.24) is 14.1 Å². The minimum Gasteiger partial charge on any atom is -0.452 e. The van der Waals surface area contributed by atoms with E-state index in [1.54, 1.807) is 34.5 Å². The predicted molar refractivity (Wildman–Crippen MR) is 113 cm³/mol. The van der Waals surface area contributed by atoms with E-state index in [1.807, 2.05) is 13.8 Å². The Morgan fingerprint density at radius 1 is 1.23 bits per heavy atom. The third-order valence-electron chi connectivity index (χ3n) is 4.95. The summed E-state index contributed by atoms with van der Waals surface area (Å²) in [5, 5.41) is 8.59. The van der Waals surface area contributed by atoms with Crippen LogP contribution in [-0.2, 0) is 24.3 Å². The van der Waals surface area contributed by atoms with Crippen molar-refractivity contribution in [2.24, 2.45) is 5.92 Å². The molecule has 1 fully saturated rings. The average molecular weight is 455 g/mol. The summed E-state index contributed by atoms with van der Waals surface area (Å²) >= 11 is 1.17. The molecule has 0 aliphatic carbocycles. The van der Waals surface area contributed by atoms with Crippen LogP contribution in [0.25, 0.3) is 0 Å². The van der Waals surface area contributed by atoms with E-state index in [9.17, 15) is 18.0 Å². The Bertz CT molecular complexity index is 976. The number of carbonyl (C=O) groups is 2. The number of carbonyl (C=O) groups excluding carboxylic acids is 2. The van der Waals surface area contributed by atoms with Crippen molar-refractivity contribution in [3.8, 4) is 0 Å². The molecule has 1 saturated heterocycles.